The summed E-state index contributed by atoms with van der Waals surface area (Å²) in [4.78, 5) is 0. The van der Waals surface area contributed by atoms with Crippen LogP contribution in [0.15, 0.2) is 0 Å². The van der Waals surface area contributed by atoms with Crippen molar-refractivity contribution in [2.24, 2.45) is 11.8 Å². The van der Waals surface area contributed by atoms with Crippen molar-refractivity contribution in [2.45, 2.75) is 39.5 Å². The van der Waals surface area contributed by atoms with Crippen molar-refractivity contribution in [1.29, 1.82) is 0 Å². The highest BCUT2D eigenvalue weighted by Gasteiger charge is 2.14. The highest BCUT2D eigenvalue weighted by atomic mass is 16.5. The van der Waals surface area contributed by atoms with Gasteiger partial charge in [-0.1, -0.05) is 26.7 Å². The molecule has 0 atom stereocenters. The fourth-order valence-corrected chi connectivity index (χ4v) is 1.65. The van der Waals surface area contributed by atoms with Gasteiger partial charge in [0.25, 0.3) is 0 Å². The van der Waals surface area contributed by atoms with Crippen molar-refractivity contribution in [2.75, 3.05) is 13.2 Å². The Morgan fingerprint density at radius 2 is 1.91 bits per heavy atom. The van der Waals surface area contributed by atoms with Gasteiger partial charge in [-0.2, -0.15) is 0 Å². The molecule has 0 aromatic rings. The smallest absolute Gasteiger partial charge is 0.0494 e. The Kier molecular flexibility index (Phi) is 3.92. The van der Waals surface area contributed by atoms with Crippen LogP contribution >= 0.6 is 0 Å². The Labute approximate surface area is 70.1 Å². The fourth-order valence-electron chi connectivity index (χ4n) is 1.65. The zero-order valence-corrected chi connectivity index (χ0v) is 7.81. The van der Waals surface area contributed by atoms with E-state index in [0.29, 0.717) is 5.92 Å². The summed E-state index contributed by atoms with van der Waals surface area (Å²) in [5.41, 5.74) is 0. The van der Waals surface area contributed by atoms with Crippen LogP contribution in [0.4, 0.5) is 0 Å². The van der Waals surface area contributed by atoms with E-state index in [-0.39, 0.29) is 0 Å². The monoisotopic (exact) mass is 156 g/mol. The maximum absolute atomic E-state index is 5.58. The second kappa shape index (κ2) is 4.76. The minimum atomic E-state index is 0.691. The minimum Gasteiger partial charge on any atom is -0.381 e. The largest absolute Gasteiger partial charge is 0.381 e. The quantitative estimate of drug-likeness (QED) is 0.608. The molecule has 0 aromatic heterocycles. The van der Waals surface area contributed by atoms with Gasteiger partial charge in [-0.25, -0.2) is 0 Å². The summed E-state index contributed by atoms with van der Waals surface area (Å²) >= 11 is 0. The van der Waals surface area contributed by atoms with Crippen LogP contribution in [0.3, 0.4) is 0 Å². The molecule has 1 rings (SSSR count). The lowest BCUT2D eigenvalue weighted by Gasteiger charge is -2.10. The maximum Gasteiger partial charge on any atom is 0.0494 e. The summed E-state index contributed by atoms with van der Waals surface area (Å²) in [6, 6.07) is 0. The lowest BCUT2D eigenvalue weighted by Crippen LogP contribution is -2.09. The van der Waals surface area contributed by atoms with Crippen molar-refractivity contribution in [3.63, 3.8) is 0 Å². The highest BCUT2D eigenvalue weighted by Crippen LogP contribution is 2.24. The summed E-state index contributed by atoms with van der Waals surface area (Å²) in [6.45, 7) is 6.36. The van der Waals surface area contributed by atoms with E-state index in [0.717, 1.165) is 19.1 Å². The van der Waals surface area contributed by atoms with E-state index >= 15 is 0 Å². The van der Waals surface area contributed by atoms with Crippen molar-refractivity contribution < 1.29 is 4.74 Å². The average molecular weight is 156 g/mol. The van der Waals surface area contributed by atoms with Gasteiger partial charge in [0, 0.05) is 13.2 Å². The lowest BCUT2D eigenvalue weighted by atomic mass is 10.1. The molecule has 0 aromatic carbocycles. The third-order valence-electron chi connectivity index (χ3n) is 2.28. The third kappa shape index (κ3) is 3.76. The molecule has 0 saturated heterocycles. The van der Waals surface area contributed by atoms with Crippen molar-refractivity contribution in [3.05, 3.63) is 0 Å². The van der Waals surface area contributed by atoms with Gasteiger partial charge in [0.2, 0.25) is 0 Å². The Morgan fingerprint density at radius 3 is 2.45 bits per heavy atom. The molecule has 1 fully saturated rings. The van der Waals surface area contributed by atoms with Crippen LogP contribution in [0.2, 0.25) is 0 Å². The van der Waals surface area contributed by atoms with Crippen molar-refractivity contribution >= 4 is 0 Å². The van der Waals surface area contributed by atoms with E-state index in [4.69, 9.17) is 4.74 Å². The maximum atomic E-state index is 5.58. The van der Waals surface area contributed by atoms with Gasteiger partial charge in [0.05, 0.1) is 0 Å². The molecule has 1 nitrogen and oxygen atoms in total. The molecule has 1 heteroatoms. The Balaban J connectivity index is 1.94. The summed E-state index contributed by atoms with van der Waals surface area (Å²) in [6.07, 6.45) is 5.65. The van der Waals surface area contributed by atoms with Gasteiger partial charge >= 0.3 is 0 Å². The predicted octanol–water partition coefficient (Wildman–Crippen LogP) is 2.85. The van der Waals surface area contributed by atoms with E-state index in [9.17, 15) is 0 Å². The molecule has 66 valence electrons. The van der Waals surface area contributed by atoms with E-state index in [1.54, 1.807) is 0 Å². The summed E-state index contributed by atoms with van der Waals surface area (Å²) in [7, 11) is 0. The topological polar surface area (TPSA) is 9.23 Å². The normalized spacial score (nSPS) is 19.9. The lowest BCUT2D eigenvalue weighted by molar-refractivity contribution is 0.0812. The van der Waals surface area contributed by atoms with Gasteiger partial charge in [-0.05, 0) is 24.7 Å². The van der Waals surface area contributed by atoms with E-state index in [1.807, 2.05) is 0 Å². The van der Waals surface area contributed by atoms with Gasteiger partial charge in [0.1, 0.15) is 0 Å². The van der Waals surface area contributed by atoms with Crippen LogP contribution < -0.4 is 0 Å². The number of hydrogen-bond acceptors (Lipinski definition) is 1. The molecule has 0 unspecified atom stereocenters. The number of hydrogen-bond donors (Lipinski definition) is 0. The molecule has 0 heterocycles. The van der Waals surface area contributed by atoms with E-state index in [2.05, 4.69) is 13.8 Å². The van der Waals surface area contributed by atoms with Gasteiger partial charge in [-0.15, -0.1) is 0 Å². The molecule has 0 amide bonds. The first kappa shape index (κ1) is 9.05. The van der Waals surface area contributed by atoms with Crippen LogP contribution in [0.5, 0.6) is 0 Å². The molecule has 0 spiro atoms. The zero-order chi connectivity index (χ0) is 8.10. The Hall–Kier alpha value is -0.0400. The molecule has 1 aliphatic carbocycles. The molecule has 1 saturated carbocycles. The summed E-state index contributed by atoms with van der Waals surface area (Å²) in [5, 5.41) is 0. The van der Waals surface area contributed by atoms with Gasteiger partial charge in [0.15, 0.2) is 0 Å². The highest BCUT2D eigenvalue weighted by molar-refractivity contribution is 4.66. The van der Waals surface area contributed by atoms with Crippen LogP contribution in [-0.4, -0.2) is 13.2 Å². The third-order valence-corrected chi connectivity index (χ3v) is 2.28. The first-order valence-corrected chi connectivity index (χ1v) is 4.87. The number of rotatable bonds is 4. The van der Waals surface area contributed by atoms with Crippen LogP contribution in [0.25, 0.3) is 0 Å². The molecule has 11 heavy (non-hydrogen) atoms. The van der Waals surface area contributed by atoms with Gasteiger partial charge < -0.3 is 4.74 Å². The first-order valence-electron chi connectivity index (χ1n) is 4.87. The molecular weight excluding hydrogens is 136 g/mol. The second-order valence-corrected chi connectivity index (χ2v) is 4.08. The van der Waals surface area contributed by atoms with Crippen molar-refractivity contribution in [3.8, 4) is 0 Å². The molecule has 0 N–H and O–H groups in total. The van der Waals surface area contributed by atoms with Crippen LogP contribution in [0, 0.1) is 11.8 Å². The standard InChI is InChI=1S/C10H20O/c1-9(2)7-11-8-10-5-3-4-6-10/h9-10H,3-8H2,1-2H3. The zero-order valence-electron chi connectivity index (χ0n) is 7.81. The average Bonchev–Trinajstić information content (AvgIpc) is 2.39. The number of ether oxygens (including phenoxy) is 1. The summed E-state index contributed by atoms with van der Waals surface area (Å²) in [5.74, 6) is 1.57. The molecular formula is C10H20O. The SMILES string of the molecule is CC(C)COCC1CCCC1. The van der Waals surface area contributed by atoms with Crippen LogP contribution in [-0.2, 0) is 4.74 Å². The fraction of sp³-hybridized carbons (Fsp3) is 1.00. The Morgan fingerprint density at radius 1 is 1.27 bits per heavy atom. The van der Waals surface area contributed by atoms with E-state index in [1.165, 1.54) is 25.7 Å². The van der Waals surface area contributed by atoms with Crippen molar-refractivity contribution in [1.82, 2.24) is 0 Å². The Bertz CT molecular complexity index is 93.0. The molecule has 1 aliphatic rings. The molecule has 0 aliphatic heterocycles. The first-order chi connectivity index (χ1) is 5.29. The van der Waals surface area contributed by atoms with E-state index < -0.39 is 0 Å². The second-order valence-electron chi connectivity index (χ2n) is 4.08. The minimum absolute atomic E-state index is 0.691. The molecule has 0 radical (unpaired) electrons. The van der Waals surface area contributed by atoms with Gasteiger partial charge in [-0.3, -0.25) is 0 Å². The summed E-state index contributed by atoms with van der Waals surface area (Å²) < 4.78 is 5.58. The molecule has 0 bridgehead atoms. The van der Waals surface area contributed by atoms with Crippen LogP contribution in [0.1, 0.15) is 39.5 Å². The predicted molar refractivity (Wildman–Crippen MR) is 47.6 cm³/mol.